The maximum atomic E-state index is 13.7. The summed E-state index contributed by atoms with van der Waals surface area (Å²) in [7, 11) is 1.28. The Balaban J connectivity index is 1.68. The summed E-state index contributed by atoms with van der Waals surface area (Å²) in [6.07, 6.45) is 0. The lowest BCUT2D eigenvalue weighted by Crippen LogP contribution is -2.23. The summed E-state index contributed by atoms with van der Waals surface area (Å²) in [5.41, 5.74) is 0.649. The van der Waals surface area contributed by atoms with Gasteiger partial charge in [-0.15, -0.1) is 0 Å². The monoisotopic (exact) mass is 432 g/mol. The molecule has 0 atom stereocenters. The van der Waals surface area contributed by atoms with Crippen LogP contribution in [0.2, 0.25) is 0 Å². The lowest BCUT2D eigenvalue weighted by atomic mass is 10.2. The summed E-state index contributed by atoms with van der Waals surface area (Å²) in [5, 5.41) is 0. The number of amides is 1. The number of hydrogen-bond donors (Lipinski definition) is 0. The molecule has 0 saturated heterocycles. The smallest absolute Gasteiger partial charge is 0.325 e. The molecule has 1 aliphatic heterocycles. The minimum Gasteiger partial charge on any atom is -0.486 e. The van der Waals surface area contributed by atoms with Gasteiger partial charge in [0, 0.05) is 12.1 Å². The zero-order valence-corrected chi connectivity index (χ0v) is 16.7. The molecule has 3 aromatic rings. The van der Waals surface area contributed by atoms with E-state index in [1.54, 1.807) is 22.8 Å². The molecular formula is C20H17FN2O6S. The van der Waals surface area contributed by atoms with Gasteiger partial charge < -0.3 is 23.5 Å². The van der Waals surface area contributed by atoms with Crippen LogP contribution in [0.15, 0.2) is 41.4 Å². The lowest BCUT2D eigenvalue weighted by Gasteiger charge is -2.18. The zero-order valence-electron chi connectivity index (χ0n) is 15.9. The van der Waals surface area contributed by atoms with Crippen LogP contribution in [0.5, 0.6) is 17.2 Å². The number of halogens is 1. The third-order valence-corrected chi connectivity index (χ3v) is 5.31. The fourth-order valence-corrected chi connectivity index (χ4v) is 3.94. The predicted molar refractivity (Wildman–Crippen MR) is 105 cm³/mol. The Hall–Kier alpha value is -3.40. The number of nitrogens with zero attached hydrogens (tertiary/aromatic N) is 2. The van der Waals surface area contributed by atoms with Gasteiger partial charge >= 0.3 is 5.97 Å². The molecule has 10 heteroatoms. The van der Waals surface area contributed by atoms with E-state index in [1.165, 1.54) is 36.6 Å². The quantitative estimate of drug-likeness (QED) is 0.575. The molecule has 0 radical (unpaired) electrons. The number of hydrogen-bond acceptors (Lipinski definition) is 7. The molecule has 8 nitrogen and oxygen atoms in total. The molecule has 0 saturated carbocycles. The van der Waals surface area contributed by atoms with Gasteiger partial charge in [-0.3, -0.25) is 9.59 Å². The Morgan fingerprint density at radius 3 is 2.67 bits per heavy atom. The van der Waals surface area contributed by atoms with Crippen molar-refractivity contribution >= 4 is 33.4 Å². The number of rotatable bonds is 5. The normalized spacial score (nSPS) is 13.3. The van der Waals surface area contributed by atoms with Crippen molar-refractivity contribution in [1.82, 2.24) is 4.57 Å². The van der Waals surface area contributed by atoms with Crippen molar-refractivity contribution < 1.29 is 32.9 Å². The van der Waals surface area contributed by atoms with Crippen molar-refractivity contribution in [1.29, 1.82) is 0 Å². The number of aromatic nitrogens is 1. The van der Waals surface area contributed by atoms with Crippen LogP contribution in [-0.4, -0.2) is 43.4 Å². The van der Waals surface area contributed by atoms with Crippen molar-refractivity contribution in [3.05, 3.63) is 47.0 Å². The molecular weight excluding hydrogens is 415 g/mol. The first-order valence-electron chi connectivity index (χ1n) is 9.00. The summed E-state index contributed by atoms with van der Waals surface area (Å²) in [4.78, 5) is 28.6. The molecule has 0 aliphatic carbocycles. The fraction of sp³-hybridized carbons (Fsp3) is 0.250. The number of benzene rings is 2. The van der Waals surface area contributed by atoms with Crippen LogP contribution < -0.4 is 19.0 Å². The Morgan fingerprint density at radius 1 is 1.20 bits per heavy atom. The second kappa shape index (κ2) is 8.54. The fourth-order valence-electron chi connectivity index (χ4n) is 2.88. The topological polar surface area (TPSA) is 88.4 Å². The number of methoxy groups -OCH3 is 1. The van der Waals surface area contributed by atoms with Gasteiger partial charge in [0.25, 0.3) is 5.91 Å². The van der Waals surface area contributed by atoms with Crippen LogP contribution in [0.25, 0.3) is 10.2 Å². The van der Waals surface area contributed by atoms with Crippen molar-refractivity contribution in [2.45, 2.75) is 6.54 Å². The van der Waals surface area contributed by atoms with Gasteiger partial charge in [0.1, 0.15) is 19.8 Å². The number of fused-ring (bicyclic) bond motifs is 2. The van der Waals surface area contributed by atoms with Gasteiger partial charge in [-0.05, 0) is 12.1 Å². The highest BCUT2D eigenvalue weighted by molar-refractivity contribution is 7.16. The third kappa shape index (κ3) is 4.13. The third-order valence-electron chi connectivity index (χ3n) is 4.27. The largest absolute Gasteiger partial charge is 0.486 e. The highest BCUT2D eigenvalue weighted by Gasteiger charge is 2.18. The maximum Gasteiger partial charge on any atom is 0.325 e. The molecule has 156 valence electrons. The Morgan fingerprint density at radius 2 is 1.93 bits per heavy atom. The zero-order chi connectivity index (χ0) is 21.1. The molecule has 30 heavy (non-hydrogen) atoms. The van der Waals surface area contributed by atoms with E-state index in [0.29, 0.717) is 30.2 Å². The van der Waals surface area contributed by atoms with Crippen LogP contribution in [0.3, 0.4) is 0 Å². The summed E-state index contributed by atoms with van der Waals surface area (Å²) in [6, 6.07) is 9.30. The van der Waals surface area contributed by atoms with Crippen molar-refractivity contribution in [3.8, 4) is 17.2 Å². The number of ether oxygens (including phenoxy) is 4. The molecule has 0 N–H and O–H groups in total. The van der Waals surface area contributed by atoms with Crippen molar-refractivity contribution in [2.24, 2.45) is 4.99 Å². The number of para-hydroxylation sites is 1. The average molecular weight is 432 g/mol. The molecule has 2 heterocycles. The first kappa shape index (κ1) is 19.9. The predicted octanol–water partition coefficient (Wildman–Crippen LogP) is 2.29. The lowest BCUT2D eigenvalue weighted by molar-refractivity contribution is -0.141. The standard InChI is InChI=1S/C20H17FN2O6S/c1-26-19(25)10-23-13-8-15-16(28-7-6-27-15)9-17(13)30-20(23)22-18(24)11-29-14-5-3-2-4-12(14)21/h2-5,8-9H,6-7,10-11H2,1H3. The molecule has 1 aromatic heterocycles. The first-order valence-corrected chi connectivity index (χ1v) is 9.81. The summed E-state index contributed by atoms with van der Waals surface area (Å²) in [6.45, 7) is 0.268. The van der Waals surface area contributed by atoms with E-state index in [-0.39, 0.29) is 17.1 Å². The minimum atomic E-state index is -0.624. The van der Waals surface area contributed by atoms with Crippen LogP contribution in [-0.2, 0) is 20.9 Å². The molecule has 0 fully saturated rings. The second-order valence-electron chi connectivity index (χ2n) is 6.24. The molecule has 0 unspecified atom stereocenters. The van der Waals surface area contributed by atoms with Crippen LogP contribution >= 0.6 is 11.3 Å². The van der Waals surface area contributed by atoms with Crippen molar-refractivity contribution in [3.63, 3.8) is 0 Å². The Bertz CT molecular complexity index is 1190. The average Bonchev–Trinajstić information content (AvgIpc) is 3.07. The van der Waals surface area contributed by atoms with Gasteiger partial charge in [-0.2, -0.15) is 4.99 Å². The van der Waals surface area contributed by atoms with E-state index in [1.807, 2.05) is 0 Å². The minimum absolute atomic E-state index is 0.0400. The number of thiazole rings is 1. The molecule has 2 aromatic carbocycles. The van der Waals surface area contributed by atoms with Crippen LogP contribution in [0.1, 0.15) is 0 Å². The van der Waals surface area contributed by atoms with Gasteiger partial charge in [0.2, 0.25) is 0 Å². The first-order chi connectivity index (χ1) is 14.5. The van der Waals surface area contributed by atoms with E-state index in [0.717, 1.165) is 4.70 Å². The van der Waals surface area contributed by atoms with E-state index >= 15 is 0 Å². The van der Waals surface area contributed by atoms with E-state index in [2.05, 4.69) is 4.99 Å². The van der Waals surface area contributed by atoms with Gasteiger partial charge in [0.05, 0.1) is 17.3 Å². The highest BCUT2D eigenvalue weighted by Crippen LogP contribution is 2.35. The van der Waals surface area contributed by atoms with Gasteiger partial charge in [-0.25, -0.2) is 4.39 Å². The van der Waals surface area contributed by atoms with E-state index < -0.39 is 24.3 Å². The molecule has 4 rings (SSSR count). The summed E-state index contributed by atoms with van der Waals surface area (Å²) >= 11 is 1.20. The number of esters is 1. The molecule has 0 spiro atoms. The maximum absolute atomic E-state index is 13.7. The molecule has 1 aliphatic rings. The molecule has 0 bridgehead atoms. The van der Waals surface area contributed by atoms with Crippen LogP contribution in [0, 0.1) is 5.82 Å². The van der Waals surface area contributed by atoms with E-state index in [4.69, 9.17) is 18.9 Å². The summed E-state index contributed by atoms with van der Waals surface area (Å²) in [5.74, 6) is -0.603. The number of carbonyl (C=O) groups is 2. The molecule has 1 amide bonds. The van der Waals surface area contributed by atoms with Gasteiger partial charge in [-0.1, -0.05) is 23.5 Å². The second-order valence-corrected chi connectivity index (χ2v) is 7.24. The van der Waals surface area contributed by atoms with Gasteiger partial charge in [0.15, 0.2) is 34.5 Å². The van der Waals surface area contributed by atoms with Crippen molar-refractivity contribution in [2.75, 3.05) is 26.9 Å². The van der Waals surface area contributed by atoms with Crippen LogP contribution in [0.4, 0.5) is 4.39 Å². The SMILES string of the molecule is COC(=O)Cn1c(=NC(=O)COc2ccccc2F)sc2cc3c(cc21)OCCO3. The Labute approximate surface area is 174 Å². The summed E-state index contributed by atoms with van der Waals surface area (Å²) < 4.78 is 37.1. The Kier molecular flexibility index (Phi) is 5.66. The highest BCUT2D eigenvalue weighted by atomic mass is 32.1. The number of carbonyl (C=O) groups excluding carboxylic acids is 2. The van der Waals surface area contributed by atoms with E-state index in [9.17, 15) is 14.0 Å².